The molecule has 0 saturated heterocycles. The Morgan fingerprint density at radius 3 is 2.29 bits per heavy atom. The van der Waals surface area contributed by atoms with Gasteiger partial charge < -0.3 is 16.0 Å². The fraction of sp³-hybridized carbons (Fsp3) is 0.0909. The Hall–Kier alpha value is -3.33. The Labute approximate surface area is 184 Å². The third kappa shape index (κ3) is 6.32. The zero-order valence-corrected chi connectivity index (χ0v) is 17.5. The van der Waals surface area contributed by atoms with Gasteiger partial charge in [-0.25, -0.2) is 0 Å². The molecule has 0 radical (unpaired) electrons. The van der Waals surface area contributed by atoms with Crippen LogP contribution in [0.2, 0.25) is 0 Å². The highest BCUT2D eigenvalue weighted by Gasteiger charge is 2.30. The zero-order valence-electron chi connectivity index (χ0n) is 16.0. The molecule has 0 aliphatic heterocycles. The van der Waals surface area contributed by atoms with Gasteiger partial charge in [0, 0.05) is 21.4 Å². The zero-order chi connectivity index (χ0) is 22.4. The number of amides is 2. The monoisotopic (exact) mass is 491 g/mol. The molecule has 3 rings (SSSR count). The lowest BCUT2D eigenvalue weighted by Gasteiger charge is -2.11. The highest BCUT2D eigenvalue weighted by Crippen LogP contribution is 2.30. The van der Waals surface area contributed by atoms with E-state index >= 15 is 0 Å². The van der Waals surface area contributed by atoms with Gasteiger partial charge in [-0.05, 0) is 64.5 Å². The van der Waals surface area contributed by atoms with Crippen LogP contribution in [0.5, 0.6) is 0 Å². The summed E-state index contributed by atoms with van der Waals surface area (Å²) in [6, 6.07) is 17.9. The summed E-state index contributed by atoms with van der Waals surface area (Å²) in [6.07, 6.45) is -4.50. The summed E-state index contributed by atoms with van der Waals surface area (Å²) in [7, 11) is 0. The molecule has 0 aliphatic rings. The molecule has 2 amide bonds. The van der Waals surface area contributed by atoms with Crippen LogP contribution in [0, 0.1) is 0 Å². The number of carbonyl (C=O) groups is 2. The van der Waals surface area contributed by atoms with Crippen LogP contribution in [0.1, 0.15) is 15.9 Å². The number of alkyl halides is 3. The Morgan fingerprint density at radius 2 is 1.55 bits per heavy atom. The summed E-state index contributed by atoms with van der Waals surface area (Å²) in [5, 5.41) is 8.12. The van der Waals surface area contributed by atoms with Crippen LogP contribution in [0.3, 0.4) is 0 Å². The molecule has 0 saturated carbocycles. The molecular weight excluding hydrogens is 475 g/mol. The van der Waals surface area contributed by atoms with Crippen LogP contribution in [0.4, 0.5) is 30.2 Å². The number of nitrogens with one attached hydrogen (secondary N) is 3. The number of para-hydroxylation sites is 1. The van der Waals surface area contributed by atoms with Gasteiger partial charge in [0.05, 0.1) is 17.8 Å². The van der Waals surface area contributed by atoms with E-state index in [1.165, 1.54) is 24.3 Å². The minimum atomic E-state index is -4.50. The van der Waals surface area contributed by atoms with Gasteiger partial charge in [-0.1, -0.05) is 24.3 Å². The van der Waals surface area contributed by atoms with Crippen LogP contribution in [0.25, 0.3) is 0 Å². The molecule has 0 heterocycles. The summed E-state index contributed by atoms with van der Waals surface area (Å²) in [4.78, 5) is 24.6. The molecular formula is C22H17BrF3N3O2. The van der Waals surface area contributed by atoms with Gasteiger partial charge in [-0.15, -0.1) is 0 Å². The van der Waals surface area contributed by atoms with Crippen LogP contribution in [-0.2, 0) is 11.0 Å². The quantitative estimate of drug-likeness (QED) is 0.409. The molecule has 3 N–H and O–H groups in total. The van der Waals surface area contributed by atoms with Crippen molar-refractivity contribution in [2.75, 3.05) is 22.5 Å². The number of hydrogen-bond donors (Lipinski definition) is 3. The first-order valence-corrected chi connectivity index (χ1v) is 9.88. The van der Waals surface area contributed by atoms with Crippen molar-refractivity contribution in [3.8, 4) is 0 Å². The molecule has 0 atom stereocenters. The van der Waals surface area contributed by atoms with E-state index in [4.69, 9.17) is 0 Å². The maximum Gasteiger partial charge on any atom is 0.416 e. The predicted octanol–water partition coefficient (Wildman–Crippen LogP) is 5.77. The van der Waals surface area contributed by atoms with Gasteiger partial charge in [-0.3, -0.25) is 9.59 Å². The third-order valence-corrected chi connectivity index (χ3v) is 4.87. The first-order chi connectivity index (χ1) is 14.7. The Kier molecular flexibility index (Phi) is 6.96. The number of carbonyl (C=O) groups excluding carboxylic acids is 2. The van der Waals surface area contributed by atoms with Crippen molar-refractivity contribution in [3.63, 3.8) is 0 Å². The van der Waals surface area contributed by atoms with Crippen molar-refractivity contribution in [2.45, 2.75) is 6.18 Å². The minimum Gasteiger partial charge on any atom is -0.376 e. The lowest BCUT2D eigenvalue weighted by Crippen LogP contribution is -2.22. The maximum absolute atomic E-state index is 12.8. The molecule has 31 heavy (non-hydrogen) atoms. The van der Waals surface area contributed by atoms with Crippen LogP contribution >= 0.6 is 15.9 Å². The standard InChI is InChI=1S/C22H17BrF3N3O2/c23-18-9-1-2-10-19(18)29-20(30)13-27-16-7-3-5-14(11-16)21(31)28-17-8-4-6-15(12-17)22(24,25)26/h1-12,27H,13H2,(H,28,31)(H,29,30). The molecule has 160 valence electrons. The number of anilines is 3. The van der Waals surface area contributed by atoms with E-state index < -0.39 is 17.6 Å². The van der Waals surface area contributed by atoms with Crippen LogP contribution < -0.4 is 16.0 Å². The molecule has 0 aromatic heterocycles. The SMILES string of the molecule is O=C(CNc1cccc(C(=O)Nc2cccc(C(F)(F)F)c2)c1)Nc1ccccc1Br. The normalized spacial score (nSPS) is 11.0. The third-order valence-electron chi connectivity index (χ3n) is 4.17. The van der Waals surface area contributed by atoms with E-state index in [2.05, 4.69) is 31.9 Å². The molecule has 9 heteroatoms. The van der Waals surface area contributed by atoms with Crippen LogP contribution in [0.15, 0.2) is 77.3 Å². The topological polar surface area (TPSA) is 70.2 Å². The van der Waals surface area contributed by atoms with Crippen molar-refractivity contribution in [2.24, 2.45) is 0 Å². The van der Waals surface area contributed by atoms with Gasteiger partial charge in [0.25, 0.3) is 5.91 Å². The fourth-order valence-electron chi connectivity index (χ4n) is 2.69. The fourth-order valence-corrected chi connectivity index (χ4v) is 3.07. The van der Waals surface area contributed by atoms with Gasteiger partial charge in [0.1, 0.15) is 0 Å². The van der Waals surface area contributed by atoms with Crippen molar-refractivity contribution < 1.29 is 22.8 Å². The predicted molar refractivity (Wildman–Crippen MR) is 117 cm³/mol. The summed E-state index contributed by atoms with van der Waals surface area (Å²) in [5.74, 6) is -0.855. The minimum absolute atomic E-state index is 0.0333. The lowest BCUT2D eigenvalue weighted by molar-refractivity contribution is -0.137. The first kappa shape index (κ1) is 22.4. The van der Waals surface area contributed by atoms with E-state index in [0.717, 1.165) is 16.6 Å². The molecule has 0 bridgehead atoms. The van der Waals surface area contributed by atoms with Crippen molar-refractivity contribution >= 4 is 44.8 Å². The van der Waals surface area contributed by atoms with Gasteiger partial charge >= 0.3 is 6.18 Å². The molecule has 0 fully saturated rings. The average Bonchev–Trinajstić information content (AvgIpc) is 2.74. The van der Waals surface area contributed by atoms with Crippen molar-refractivity contribution in [1.29, 1.82) is 0 Å². The molecule has 0 spiro atoms. The maximum atomic E-state index is 12.8. The van der Waals surface area contributed by atoms with Gasteiger partial charge in [0.15, 0.2) is 0 Å². The first-order valence-electron chi connectivity index (χ1n) is 9.09. The lowest BCUT2D eigenvalue weighted by atomic mass is 10.1. The summed E-state index contributed by atoms with van der Waals surface area (Å²) in [6.45, 7) is -0.0416. The second-order valence-electron chi connectivity index (χ2n) is 6.50. The highest BCUT2D eigenvalue weighted by molar-refractivity contribution is 9.10. The summed E-state index contributed by atoms with van der Waals surface area (Å²) in [5.41, 5.74) is 0.555. The van der Waals surface area contributed by atoms with Gasteiger partial charge in [-0.2, -0.15) is 13.2 Å². The average molecular weight is 492 g/mol. The summed E-state index contributed by atoms with van der Waals surface area (Å²) >= 11 is 3.35. The van der Waals surface area contributed by atoms with E-state index in [0.29, 0.717) is 11.4 Å². The second-order valence-corrected chi connectivity index (χ2v) is 7.35. The van der Waals surface area contributed by atoms with Gasteiger partial charge in [0.2, 0.25) is 5.91 Å². The molecule has 5 nitrogen and oxygen atoms in total. The number of benzene rings is 3. The molecule has 0 unspecified atom stereocenters. The number of rotatable bonds is 6. The van der Waals surface area contributed by atoms with E-state index in [9.17, 15) is 22.8 Å². The van der Waals surface area contributed by atoms with E-state index in [-0.39, 0.29) is 23.7 Å². The highest BCUT2D eigenvalue weighted by atomic mass is 79.9. The van der Waals surface area contributed by atoms with Crippen molar-refractivity contribution in [3.05, 3.63) is 88.4 Å². The Balaban J connectivity index is 1.61. The van der Waals surface area contributed by atoms with Crippen molar-refractivity contribution in [1.82, 2.24) is 0 Å². The smallest absolute Gasteiger partial charge is 0.376 e. The number of halogens is 4. The summed E-state index contributed by atoms with van der Waals surface area (Å²) < 4.78 is 39.3. The molecule has 3 aromatic carbocycles. The molecule has 0 aliphatic carbocycles. The Bertz CT molecular complexity index is 1100. The molecule has 3 aromatic rings. The van der Waals surface area contributed by atoms with Crippen LogP contribution in [-0.4, -0.2) is 18.4 Å². The Morgan fingerprint density at radius 1 is 0.839 bits per heavy atom. The second kappa shape index (κ2) is 9.65. The van der Waals surface area contributed by atoms with E-state index in [1.807, 2.05) is 6.07 Å². The van der Waals surface area contributed by atoms with E-state index in [1.54, 1.807) is 30.3 Å². The number of hydrogen-bond acceptors (Lipinski definition) is 3. The largest absolute Gasteiger partial charge is 0.416 e.